The van der Waals surface area contributed by atoms with Gasteiger partial charge in [0.25, 0.3) is 5.91 Å². The molecule has 5 amide bonds. The number of likely N-dealkylation sites (N-methyl/N-ethyl adjacent to an activating group) is 1. The fourth-order valence-corrected chi connectivity index (χ4v) is 6.63. The predicted octanol–water partition coefficient (Wildman–Crippen LogP) is 7.17. The molecule has 4 aromatic carbocycles. The van der Waals surface area contributed by atoms with Crippen molar-refractivity contribution in [1.29, 1.82) is 0 Å². The van der Waals surface area contributed by atoms with Crippen molar-refractivity contribution in [2.75, 3.05) is 56.1 Å². The van der Waals surface area contributed by atoms with Crippen LogP contribution in [0.4, 0.5) is 26.7 Å². The van der Waals surface area contributed by atoms with Crippen molar-refractivity contribution in [1.82, 2.24) is 9.80 Å². The lowest BCUT2D eigenvalue weighted by Gasteiger charge is -2.35. The van der Waals surface area contributed by atoms with E-state index >= 15 is 0 Å². The first-order chi connectivity index (χ1) is 26.1. The second kappa shape index (κ2) is 17.5. The van der Waals surface area contributed by atoms with E-state index in [0.717, 1.165) is 30.0 Å². The van der Waals surface area contributed by atoms with Crippen molar-refractivity contribution in [3.05, 3.63) is 84.4 Å². The molecule has 0 bridgehead atoms. The van der Waals surface area contributed by atoms with Gasteiger partial charge in [0.1, 0.15) is 5.75 Å². The Bertz CT molecular complexity index is 1950. The van der Waals surface area contributed by atoms with E-state index in [0.29, 0.717) is 40.9 Å². The maximum Gasteiger partial charge on any atom is 0.323 e. The number of aliphatic hydroxyl groups excluding tert-OH is 1. The summed E-state index contributed by atoms with van der Waals surface area (Å²) in [7, 11) is 1.70. The summed E-state index contributed by atoms with van der Waals surface area (Å²) in [6.45, 7) is 6.50. The average Bonchev–Trinajstić information content (AvgIpc) is 3.64. The molecule has 13 nitrogen and oxygen atoms in total. The van der Waals surface area contributed by atoms with Crippen molar-refractivity contribution in [2.24, 2.45) is 5.92 Å². The van der Waals surface area contributed by atoms with Crippen LogP contribution in [0.3, 0.4) is 0 Å². The summed E-state index contributed by atoms with van der Waals surface area (Å²) in [6, 6.07) is 22.4. The lowest BCUT2D eigenvalue weighted by Crippen LogP contribution is -2.48. The molecule has 4 N–H and O–H groups in total. The molecule has 0 unspecified atom stereocenters. The summed E-state index contributed by atoms with van der Waals surface area (Å²) >= 11 is 0. The molecule has 54 heavy (non-hydrogen) atoms. The molecule has 2 aliphatic heterocycles. The quantitative estimate of drug-likeness (QED) is 0.156. The van der Waals surface area contributed by atoms with Gasteiger partial charge in [-0.05, 0) is 74.9 Å². The summed E-state index contributed by atoms with van der Waals surface area (Å²) in [5.74, 6) is 0.962. The molecule has 2 heterocycles. The van der Waals surface area contributed by atoms with Crippen molar-refractivity contribution in [3.8, 4) is 17.2 Å². The third kappa shape index (κ3) is 9.33. The molecule has 13 heteroatoms. The number of nitrogens with one attached hydrogen (secondary N) is 3. The highest BCUT2D eigenvalue weighted by Gasteiger charge is 2.31. The highest BCUT2D eigenvalue weighted by molar-refractivity contribution is 6.07. The third-order valence-electron chi connectivity index (χ3n) is 9.77. The lowest BCUT2D eigenvalue weighted by molar-refractivity contribution is -0.0115. The fraction of sp³-hybridized carbons (Fsp3) is 0.390. The van der Waals surface area contributed by atoms with Gasteiger partial charge in [0.05, 0.1) is 36.1 Å². The van der Waals surface area contributed by atoms with Gasteiger partial charge in [-0.15, -0.1) is 0 Å². The maximum absolute atomic E-state index is 14.5. The van der Waals surface area contributed by atoms with Crippen LogP contribution in [0.25, 0.3) is 10.8 Å². The topological polar surface area (TPSA) is 151 Å². The molecular formula is C41H49N5O8. The zero-order valence-corrected chi connectivity index (χ0v) is 31.2. The fourth-order valence-electron chi connectivity index (χ4n) is 6.63. The largest absolute Gasteiger partial charge is 0.490 e. The van der Waals surface area contributed by atoms with E-state index in [2.05, 4.69) is 16.0 Å². The number of ether oxygens (including phenoxy) is 4. The number of amides is 5. The molecule has 0 aromatic heterocycles. The Labute approximate surface area is 315 Å². The molecule has 0 fully saturated rings. The second-order valence-corrected chi connectivity index (χ2v) is 14.0. The first kappa shape index (κ1) is 38.2. The van der Waals surface area contributed by atoms with Crippen LogP contribution in [0.2, 0.25) is 0 Å². The SMILES string of the molecule is C[C@H]1CCCCO[C@H](CN(C)C(=O)Nc2ccc3c(c2)OCO3)[C@@H](C)CN([C@@H](C)CO)C(=O)c2cc(NC(=O)Nc3cccc4ccccc34)ccc2O1. The number of carbonyl (C=O) groups excluding carboxylic acids is 3. The summed E-state index contributed by atoms with van der Waals surface area (Å²) in [5, 5.41) is 20.9. The molecule has 0 aliphatic carbocycles. The Hall–Kier alpha value is -5.53. The lowest BCUT2D eigenvalue weighted by atomic mass is 10.0. The van der Waals surface area contributed by atoms with Crippen LogP contribution < -0.4 is 30.2 Å². The van der Waals surface area contributed by atoms with Crippen LogP contribution in [-0.4, -0.2) is 91.3 Å². The number of hydrogen-bond acceptors (Lipinski definition) is 8. The van der Waals surface area contributed by atoms with Crippen LogP contribution in [0, 0.1) is 5.92 Å². The van der Waals surface area contributed by atoms with E-state index in [9.17, 15) is 19.5 Å². The molecule has 4 atom stereocenters. The van der Waals surface area contributed by atoms with Gasteiger partial charge < -0.3 is 49.8 Å². The van der Waals surface area contributed by atoms with Gasteiger partial charge in [-0.3, -0.25) is 4.79 Å². The van der Waals surface area contributed by atoms with E-state index in [4.69, 9.17) is 18.9 Å². The minimum atomic E-state index is -0.558. The van der Waals surface area contributed by atoms with Crippen molar-refractivity contribution in [3.63, 3.8) is 0 Å². The van der Waals surface area contributed by atoms with E-state index in [1.807, 2.05) is 56.3 Å². The molecule has 0 saturated carbocycles. The molecular weight excluding hydrogens is 690 g/mol. The van der Waals surface area contributed by atoms with Crippen molar-refractivity contribution < 1.29 is 38.4 Å². The number of aliphatic hydroxyl groups is 1. The third-order valence-corrected chi connectivity index (χ3v) is 9.77. The summed E-state index contributed by atoms with van der Waals surface area (Å²) in [5.41, 5.74) is 1.88. The van der Waals surface area contributed by atoms with Crippen LogP contribution in [0.1, 0.15) is 50.4 Å². The normalized spacial score (nSPS) is 19.5. The Balaban J connectivity index is 1.21. The highest BCUT2D eigenvalue weighted by atomic mass is 16.7. The second-order valence-electron chi connectivity index (χ2n) is 14.0. The Kier molecular flexibility index (Phi) is 12.4. The van der Waals surface area contributed by atoms with Gasteiger partial charge >= 0.3 is 12.1 Å². The van der Waals surface area contributed by atoms with Gasteiger partial charge in [0.2, 0.25) is 6.79 Å². The van der Waals surface area contributed by atoms with Crippen LogP contribution in [0.15, 0.2) is 78.9 Å². The number of anilines is 3. The predicted molar refractivity (Wildman–Crippen MR) is 208 cm³/mol. The molecule has 0 spiro atoms. The molecule has 0 saturated heterocycles. The van der Waals surface area contributed by atoms with Crippen molar-refractivity contribution in [2.45, 2.75) is 58.3 Å². The number of nitrogens with zero attached hydrogens (tertiary/aromatic N) is 2. The molecule has 286 valence electrons. The molecule has 0 radical (unpaired) electrons. The van der Waals surface area contributed by atoms with Crippen LogP contribution in [0.5, 0.6) is 17.2 Å². The summed E-state index contributed by atoms with van der Waals surface area (Å²) in [4.78, 5) is 44.2. The number of fused-ring (bicyclic) bond motifs is 3. The zero-order valence-electron chi connectivity index (χ0n) is 31.2. The number of rotatable bonds is 7. The van der Waals surface area contributed by atoms with Gasteiger partial charge in [-0.25, -0.2) is 9.59 Å². The highest BCUT2D eigenvalue weighted by Crippen LogP contribution is 2.34. The standard InChI is InChI=1S/C41H49N5O8/c1-26-22-46(27(2)24-47)39(48)33-20-30(42-40(49)44-34-14-9-12-29-11-5-6-13-32(29)34)15-17-35(33)54-28(3)10-7-8-19-51-38(26)23-45(4)41(50)43-31-16-18-36-37(21-31)53-25-52-36/h5-6,9,11-18,20-21,26-28,38,47H,7-8,10,19,22-25H2,1-4H3,(H,43,50)(H2,42,44,49)/t26-,27-,28-,38+/m0/s1. The minimum absolute atomic E-state index is 0.136. The van der Waals surface area contributed by atoms with Crippen molar-refractivity contribution >= 4 is 45.8 Å². The number of hydrogen-bond donors (Lipinski definition) is 4. The van der Waals surface area contributed by atoms with Gasteiger partial charge in [-0.1, -0.05) is 43.3 Å². The zero-order chi connectivity index (χ0) is 38.2. The van der Waals surface area contributed by atoms with Crippen LogP contribution in [-0.2, 0) is 4.74 Å². The van der Waals surface area contributed by atoms with Gasteiger partial charge in [0.15, 0.2) is 11.5 Å². The number of benzene rings is 4. The molecule has 2 aliphatic rings. The van der Waals surface area contributed by atoms with E-state index in [-0.39, 0.29) is 56.0 Å². The number of urea groups is 2. The Morgan fingerprint density at radius 2 is 1.65 bits per heavy atom. The monoisotopic (exact) mass is 739 g/mol. The van der Waals surface area contributed by atoms with E-state index in [1.165, 1.54) is 0 Å². The number of carbonyl (C=O) groups is 3. The molecule has 6 rings (SSSR count). The van der Waals surface area contributed by atoms with E-state index < -0.39 is 18.2 Å². The minimum Gasteiger partial charge on any atom is -0.490 e. The Morgan fingerprint density at radius 1 is 0.907 bits per heavy atom. The average molecular weight is 740 g/mol. The smallest absolute Gasteiger partial charge is 0.323 e. The maximum atomic E-state index is 14.5. The van der Waals surface area contributed by atoms with E-state index in [1.54, 1.807) is 60.2 Å². The Morgan fingerprint density at radius 3 is 2.46 bits per heavy atom. The van der Waals surface area contributed by atoms with Crippen LogP contribution >= 0.6 is 0 Å². The molecule has 4 aromatic rings. The summed E-state index contributed by atoms with van der Waals surface area (Å²) in [6.07, 6.45) is 1.69. The van der Waals surface area contributed by atoms with Gasteiger partial charge in [-0.2, -0.15) is 0 Å². The first-order valence-electron chi connectivity index (χ1n) is 18.4. The summed E-state index contributed by atoms with van der Waals surface area (Å²) < 4.78 is 23.6. The first-order valence-corrected chi connectivity index (χ1v) is 18.4. The van der Waals surface area contributed by atoms with Gasteiger partial charge in [0, 0.05) is 55.5 Å².